The van der Waals surface area contributed by atoms with Gasteiger partial charge in [0.25, 0.3) is 0 Å². The molecule has 0 aromatic heterocycles. The van der Waals surface area contributed by atoms with E-state index in [2.05, 4.69) is 5.32 Å². The van der Waals surface area contributed by atoms with Gasteiger partial charge in [-0.1, -0.05) is 56.3 Å². The molecule has 4 heteroatoms. The minimum atomic E-state index is -0.342. The summed E-state index contributed by atoms with van der Waals surface area (Å²) in [5.41, 5.74) is 2.19. The molecule has 2 aromatic rings. The largest absolute Gasteiger partial charge is 0.489 e. The highest BCUT2D eigenvalue weighted by Gasteiger charge is 2.20. The van der Waals surface area contributed by atoms with E-state index in [9.17, 15) is 4.79 Å². The molecule has 0 aliphatic carbocycles. The molecular weight excluding hydrogens is 302 g/mol. The molecule has 4 nitrogen and oxygen atoms in total. The van der Waals surface area contributed by atoms with E-state index in [1.807, 2.05) is 68.4 Å². The zero-order chi connectivity index (χ0) is 17.4. The lowest BCUT2D eigenvalue weighted by atomic mass is 10.1. The fourth-order valence-corrected chi connectivity index (χ4v) is 2.45. The lowest BCUT2D eigenvalue weighted by Gasteiger charge is -2.19. The Kier molecular flexibility index (Phi) is 6.82. The summed E-state index contributed by atoms with van der Waals surface area (Å²) in [6.07, 6.45) is 0.587. The maximum Gasteiger partial charge on any atom is 0.323 e. The Labute approximate surface area is 143 Å². The Morgan fingerprint density at radius 3 is 2.25 bits per heavy atom. The van der Waals surface area contributed by atoms with E-state index in [0.717, 1.165) is 16.9 Å². The van der Waals surface area contributed by atoms with Crippen molar-refractivity contribution in [1.29, 1.82) is 0 Å². The summed E-state index contributed by atoms with van der Waals surface area (Å²) in [6.45, 7) is 4.56. The van der Waals surface area contributed by atoms with Crippen LogP contribution in [0.1, 0.15) is 25.0 Å². The van der Waals surface area contributed by atoms with Crippen LogP contribution in [0.3, 0.4) is 0 Å². The van der Waals surface area contributed by atoms with Crippen molar-refractivity contribution < 1.29 is 14.3 Å². The van der Waals surface area contributed by atoms with Crippen molar-refractivity contribution in [3.8, 4) is 5.75 Å². The second-order valence-corrected chi connectivity index (χ2v) is 6.02. The van der Waals surface area contributed by atoms with Gasteiger partial charge in [0.15, 0.2) is 0 Å². The van der Waals surface area contributed by atoms with Gasteiger partial charge in [0.2, 0.25) is 0 Å². The second kappa shape index (κ2) is 9.08. The highest BCUT2D eigenvalue weighted by molar-refractivity contribution is 5.76. The average Bonchev–Trinajstić information content (AvgIpc) is 2.60. The molecule has 128 valence electrons. The molecule has 0 saturated heterocycles. The molecule has 0 aliphatic heterocycles. The summed E-state index contributed by atoms with van der Waals surface area (Å²) in [5, 5.41) is 3.23. The quantitative estimate of drug-likeness (QED) is 0.755. The maximum atomic E-state index is 11.9. The van der Waals surface area contributed by atoms with E-state index in [-0.39, 0.29) is 18.1 Å². The van der Waals surface area contributed by atoms with E-state index in [0.29, 0.717) is 13.0 Å². The highest BCUT2D eigenvalue weighted by Crippen LogP contribution is 2.15. The molecule has 0 bridgehead atoms. The summed E-state index contributed by atoms with van der Waals surface area (Å²) in [5.74, 6) is 0.571. The molecule has 24 heavy (non-hydrogen) atoms. The van der Waals surface area contributed by atoms with Gasteiger partial charge in [-0.15, -0.1) is 0 Å². The number of benzene rings is 2. The number of carbonyl (C=O) groups is 1. The molecule has 0 aliphatic rings. The molecular formula is C20H25NO3. The molecule has 0 radical (unpaired) electrons. The topological polar surface area (TPSA) is 47.6 Å². The lowest BCUT2D eigenvalue weighted by molar-refractivity contribution is -0.143. The summed E-state index contributed by atoms with van der Waals surface area (Å²) in [7, 11) is 1.41. The van der Waals surface area contributed by atoms with E-state index in [4.69, 9.17) is 9.47 Å². The van der Waals surface area contributed by atoms with Crippen LogP contribution >= 0.6 is 0 Å². The molecule has 2 rings (SSSR count). The normalized spacial score (nSPS) is 12.0. The molecule has 0 heterocycles. The lowest BCUT2D eigenvalue weighted by Crippen LogP contribution is -2.43. The van der Waals surface area contributed by atoms with Crippen molar-refractivity contribution in [3.63, 3.8) is 0 Å². The minimum absolute atomic E-state index is 0.211. The fraction of sp³-hybridized carbons (Fsp3) is 0.350. The highest BCUT2D eigenvalue weighted by atomic mass is 16.5. The number of carbonyl (C=O) groups excluding carboxylic acids is 1. The Morgan fingerprint density at radius 2 is 1.67 bits per heavy atom. The van der Waals surface area contributed by atoms with E-state index >= 15 is 0 Å². The van der Waals surface area contributed by atoms with Crippen LogP contribution in [0.2, 0.25) is 0 Å². The van der Waals surface area contributed by atoms with Gasteiger partial charge in [0.05, 0.1) is 7.11 Å². The van der Waals surface area contributed by atoms with Crippen molar-refractivity contribution in [2.24, 2.45) is 0 Å². The van der Waals surface area contributed by atoms with Crippen LogP contribution in [-0.2, 0) is 22.6 Å². The first kappa shape index (κ1) is 18.0. The van der Waals surface area contributed by atoms with Crippen molar-refractivity contribution >= 4 is 5.97 Å². The summed E-state index contributed by atoms with van der Waals surface area (Å²) in [6, 6.07) is 17.8. The number of hydrogen-bond donors (Lipinski definition) is 1. The zero-order valence-corrected chi connectivity index (χ0v) is 14.5. The Bertz CT molecular complexity index is 623. The van der Waals surface area contributed by atoms with Crippen LogP contribution in [0.25, 0.3) is 0 Å². The predicted molar refractivity (Wildman–Crippen MR) is 95.0 cm³/mol. The van der Waals surface area contributed by atoms with E-state index < -0.39 is 0 Å². The van der Waals surface area contributed by atoms with Crippen LogP contribution in [0.4, 0.5) is 0 Å². The summed E-state index contributed by atoms with van der Waals surface area (Å²) >= 11 is 0. The van der Waals surface area contributed by atoms with Gasteiger partial charge in [-0.05, 0) is 29.7 Å². The van der Waals surface area contributed by atoms with Crippen LogP contribution < -0.4 is 10.1 Å². The molecule has 0 unspecified atom stereocenters. The van der Waals surface area contributed by atoms with E-state index in [1.165, 1.54) is 7.11 Å². The smallest absolute Gasteiger partial charge is 0.323 e. The van der Waals surface area contributed by atoms with Crippen LogP contribution in [0, 0.1) is 0 Å². The molecule has 0 amide bonds. The van der Waals surface area contributed by atoms with Crippen LogP contribution in [0.15, 0.2) is 54.6 Å². The Balaban J connectivity index is 1.93. The minimum Gasteiger partial charge on any atom is -0.489 e. The predicted octanol–water partition coefficient (Wildman–Crippen LogP) is 3.35. The van der Waals surface area contributed by atoms with E-state index in [1.54, 1.807) is 0 Å². The SMILES string of the molecule is COC(=O)[C@H](Cc1ccc(OCc2ccccc2)cc1)NC(C)C. The van der Waals surface area contributed by atoms with Gasteiger partial charge in [0.1, 0.15) is 18.4 Å². The van der Waals surface area contributed by atoms with Gasteiger partial charge in [-0.2, -0.15) is 0 Å². The third-order valence-electron chi connectivity index (χ3n) is 3.63. The second-order valence-electron chi connectivity index (χ2n) is 6.02. The average molecular weight is 327 g/mol. The molecule has 0 fully saturated rings. The van der Waals surface area contributed by atoms with Crippen LogP contribution in [-0.4, -0.2) is 25.2 Å². The number of ether oxygens (including phenoxy) is 2. The number of nitrogens with one attached hydrogen (secondary N) is 1. The third kappa shape index (κ3) is 5.70. The van der Waals surface area contributed by atoms with Crippen molar-refractivity contribution in [2.75, 3.05) is 7.11 Å². The first-order valence-electron chi connectivity index (χ1n) is 8.18. The first-order chi connectivity index (χ1) is 11.6. The van der Waals surface area contributed by atoms with Crippen LogP contribution in [0.5, 0.6) is 5.75 Å². The zero-order valence-electron chi connectivity index (χ0n) is 14.5. The number of rotatable bonds is 8. The standard InChI is InChI=1S/C20H25NO3/c1-15(2)21-19(20(22)23-3)13-16-9-11-18(12-10-16)24-14-17-7-5-4-6-8-17/h4-12,15,19,21H,13-14H2,1-3H3/t19-/m0/s1. The van der Waals surface area contributed by atoms with Gasteiger partial charge < -0.3 is 14.8 Å². The summed E-state index contributed by atoms with van der Waals surface area (Å²) < 4.78 is 10.6. The fourth-order valence-electron chi connectivity index (χ4n) is 2.45. The Morgan fingerprint density at radius 1 is 1.00 bits per heavy atom. The monoisotopic (exact) mass is 327 g/mol. The van der Waals surface area contributed by atoms with Gasteiger partial charge in [-0.3, -0.25) is 4.79 Å². The first-order valence-corrected chi connectivity index (χ1v) is 8.18. The Hall–Kier alpha value is -2.33. The maximum absolute atomic E-state index is 11.9. The van der Waals surface area contributed by atoms with Crippen molar-refractivity contribution in [2.45, 2.75) is 39.0 Å². The van der Waals surface area contributed by atoms with Gasteiger partial charge >= 0.3 is 5.97 Å². The number of esters is 1. The molecule has 0 saturated carbocycles. The molecule has 2 aromatic carbocycles. The molecule has 0 spiro atoms. The molecule has 1 N–H and O–H groups in total. The number of methoxy groups -OCH3 is 1. The molecule has 1 atom stereocenters. The van der Waals surface area contributed by atoms with Crippen molar-refractivity contribution in [3.05, 3.63) is 65.7 Å². The van der Waals surface area contributed by atoms with Gasteiger partial charge in [-0.25, -0.2) is 0 Å². The third-order valence-corrected chi connectivity index (χ3v) is 3.63. The summed E-state index contributed by atoms with van der Waals surface area (Å²) in [4.78, 5) is 11.9. The van der Waals surface area contributed by atoms with Crippen molar-refractivity contribution in [1.82, 2.24) is 5.32 Å². The number of hydrogen-bond acceptors (Lipinski definition) is 4. The van der Waals surface area contributed by atoms with Gasteiger partial charge in [0, 0.05) is 6.04 Å².